The zero-order valence-electron chi connectivity index (χ0n) is 10.8. The van der Waals surface area contributed by atoms with Gasteiger partial charge in [0.25, 0.3) is 0 Å². The van der Waals surface area contributed by atoms with E-state index in [1.807, 2.05) is 0 Å². The molecule has 0 unspecified atom stereocenters. The van der Waals surface area contributed by atoms with E-state index in [-0.39, 0.29) is 6.61 Å². The van der Waals surface area contributed by atoms with Crippen LogP contribution in [-0.4, -0.2) is 62.2 Å². The summed E-state index contributed by atoms with van der Waals surface area (Å²) in [5.74, 6) is -1.43. The second-order valence-electron chi connectivity index (χ2n) is 4.33. The fourth-order valence-electron chi connectivity index (χ4n) is 2.06. The largest absolute Gasteiger partial charge is 0.463 e. The van der Waals surface area contributed by atoms with Crippen molar-refractivity contribution in [3.63, 3.8) is 0 Å². The van der Waals surface area contributed by atoms with Crippen LogP contribution in [0.1, 0.15) is 6.92 Å². The summed E-state index contributed by atoms with van der Waals surface area (Å²) < 4.78 is 37.6. The molecule has 0 radical (unpaired) electrons. The summed E-state index contributed by atoms with van der Waals surface area (Å²) in [6.07, 6.45) is -2.80. The third-order valence-electron chi connectivity index (χ3n) is 3.15. The zero-order valence-corrected chi connectivity index (χ0v) is 11.7. The average molecular weight is 296 g/mol. The predicted octanol–water partition coefficient (Wildman–Crippen LogP) is -0.111. The molecule has 110 valence electrons. The smallest absolute Gasteiger partial charge is 0.361 e. The number of carbonyl (C=O) groups is 1. The van der Waals surface area contributed by atoms with Gasteiger partial charge in [-0.25, -0.2) is 0 Å². The van der Waals surface area contributed by atoms with Crippen LogP contribution in [0.5, 0.6) is 0 Å². The highest BCUT2D eigenvalue weighted by Crippen LogP contribution is 2.59. The minimum atomic E-state index is -3.48. The highest BCUT2D eigenvalue weighted by atomic mass is 31.2. The molecule has 0 aromatic carbocycles. The van der Waals surface area contributed by atoms with Crippen molar-refractivity contribution in [2.24, 2.45) is 0 Å². The summed E-state index contributed by atoms with van der Waals surface area (Å²) in [7, 11) is -0.987. The molecular weight excluding hydrogens is 279 g/mol. The fraction of sp³-hybridized carbons (Fsp3) is 0.900. The number of epoxide rings is 1. The summed E-state index contributed by atoms with van der Waals surface area (Å²) >= 11 is 0. The molecule has 19 heavy (non-hydrogen) atoms. The minimum absolute atomic E-state index is 0.146. The van der Waals surface area contributed by atoms with Gasteiger partial charge in [-0.2, -0.15) is 0 Å². The Balaban J connectivity index is 2.07. The number of aliphatic hydroxyl groups excluding tert-OH is 1. The Morgan fingerprint density at radius 2 is 1.89 bits per heavy atom. The molecule has 2 heterocycles. The van der Waals surface area contributed by atoms with E-state index in [1.165, 1.54) is 21.1 Å². The average Bonchev–Trinajstić information content (AvgIpc) is 3.17. The van der Waals surface area contributed by atoms with Crippen LogP contribution in [0.2, 0.25) is 0 Å². The lowest BCUT2D eigenvalue weighted by Gasteiger charge is -2.32. The van der Waals surface area contributed by atoms with E-state index in [0.717, 1.165) is 0 Å². The third-order valence-corrected chi connectivity index (χ3v) is 5.20. The molecule has 1 N–H and O–H groups in total. The maximum absolute atomic E-state index is 12.3. The van der Waals surface area contributed by atoms with Crippen molar-refractivity contribution in [1.29, 1.82) is 0 Å². The molecule has 0 aromatic rings. The summed E-state index contributed by atoms with van der Waals surface area (Å²) in [4.78, 5) is 10.8. The molecule has 9 heteroatoms. The topological polar surface area (TPSA) is 104 Å². The monoisotopic (exact) mass is 296 g/mol. The Kier molecular flexibility index (Phi) is 4.29. The molecular formula is C10H17O8P. The van der Waals surface area contributed by atoms with E-state index in [2.05, 4.69) is 0 Å². The normalized spacial score (nSPS) is 37.6. The van der Waals surface area contributed by atoms with Crippen molar-refractivity contribution < 1.29 is 37.7 Å². The molecule has 5 atom stereocenters. The number of carbonyl (C=O) groups excluding carboxylic acids is 1. The molecule has 0 saturated carbocycles. The van der Waals surface area contributed by atoms with Crippen LogP contribution < -0.4 is 0 Å². The molecule has 0 amide bonds. The number of aliphatic hydroxyl groups is 1. The Morgan fingerprint density at radius 3 is 2.42 bits per heavy atom. The van der Waals surface area contributed by atoms with Gasteiger partial charge in [0.1, 0.15) is 31.0 Å². The van der Waals surface area contributed by atoms with Gasteiger partial charge < -0.3 is 28.4 Å². The molecule has 2 fully saturated rings. The van der Waals surface area contributed by atoms with Crippen LogP contribution in [0.3, 0.4) is 0 Å². The quantitative estimate of drug-likeness (QED) is 0.426. The van der Waals surface area contributed by atoms with Crippen LogP contribution >= 0.6 is 7.60 Å². The summed E-state index contributed by atoms with van der Waals surface area (Å²) in [6.45, 7) is 1.10. The van der Waals surface area contributed by atoms with Gasteiger partial charge in [0.15, 0.2) is 5.85 Å². The molecule has 0 bridgehead atoms. The molecule has 8 nitrogen and oxygen atoms in total. The van der Waals surface area contributed by atoms with Crippen molar-refractivity contribution in [3.8, 4) is 0 Å². The molecule has 2 rings (SSSR count). The number of fused-ring (bicyclic) bond motifs is 1. The second-order valence-corrected chi connectivity index (χ2v) is 6.65. The van der Waals surface area contributed by atoms with Crippen LogP contribution in [0.25, 0.3) is 0 Å². The predicted molar refractivity (Wildman–Crippen MR) is 61.6 cm³/mol. The van der Waals surface area contributed by atoms with Gasteiger partial charge in [0, 0.05) is 21.1 Å². The Morgan fingerprint density at radius 1 is 1.26 bits per heavy atom. The number of rotatable bonds is 5. The van der Waals surface area contributed by atoms with Crippen LogP contribution in [-0.2, 0) is 32.6 Å². The van der Waals surface area contributed by atoms with Crippen molar-refractivity contribution in [2.75, 3.05) is 20.8 Å². The second kappa shape index (κ2) is 5.47. The van der Waals surface area contributed by atoms with Gasteiger partial charge in [-0.1, -0.05) is 0 Å². The molecule has 2 aliphatic heterocycles. The van der Waals surface area contributed by atoms with E-state index >= 15 is 0 Å². The van der Waals surface area contributed by atoms with E-state index in [1.54, 1.807) is 0 Å². The van der Waals surface area contributed by atoms with E-state index in [9.17, 15) is 14.5 Å². The summed E-state index contributed by atoms with van der Waals surface area (Å²) in [5.41, 5.74) is 0. The number of esters is 1. The van der Waals surface area contributed by atoms with Crippen molar-refractivity contribution in [1.82, 2.24) is 0 Å². The lowest BCUT2D eigenvalue weighted by molar-refractivity contribution is -0.153. The maximum Gasteiger partial charge on any atom is 0.361 e. The van der Waals surface area contributed by atoms with Crippen molar-refractivity contribution in [3.05, 3.63) is 0 Å². The Bertz CT molecular complexity index is 391. The first kappa shape index (κ1) is 14.9. The van der Waals surface area contributed by atoms with Gasteiger partial charge in [0.2, 0.25) is 0 Å². The lowest BCUT2D eigenvalue weighted by atomic mass is 10.1. The highest BCUT2D eigenvalue weighted by molar-refractivity contribution is 7.54. The summed E-state index contributed by atoms with van der Waals surface area (Å²) in [5, 5.41) is 9.91. The van der Waals surface area contributed by atoms with E-state index in [4.69, 9.17) is 23.3 Å². The first-order valence-electron chi connectivity index (χ1n) is 5.76. The maximum atomic E-state index is 12.3. The standard InChI is InChI=1S/C10H17O8P/c1-5(11)16-4-6-7(12)8-9(18-8)10(17-6)19(13,14-2)15-3/h6-10,12H,4H2,1-3H3/t6-,7-,8+,9+,10-/m1/s1. The number of ether oxygens (including phenoxy) is 3. The number of hydrogen-bond acceptors (Lipinski definition) is 8. The van der Waals surface area contributed by atoms with Crippen LogP contribution in [0, 0.1) is 0 Å². The molecule has 2 saturated heterocycles. The van der Waals surface area contributed by atoms with Crippen molar-refractivity contribution in [2.45, 2.75) is 37.2 Å². The fourth-order valence-corrected chi connectivity index (χ4v) is 3.53. The van der Waals surface area contributed by atoms with Crippen LogP contribution in [0.15, 0.2) is 0 Å². The highest BCUT2D eigenvalue weighted by Gasteiger charge is 2.63. The van der Waals surface area contributed by atoms with Crippen molar-refractivity contribution >= 4 is 13.6 Å². The van der Waals surface area contributed by atoms with Gasteiger partial charge in [-0.3, -0.25) is 9.36 Å². The van der Waals surface area contributed by atoms with Gasteiger partial charge >= 0.3 is 13.6 Å². The molecule has 0 aliphatic carbocycles. The van der Waals surface area contributed by atoms with Gasteiger partial charge in [-0.15, -0.1) is 0 Å². The van der Waals surface area contributed by atoms with E-state index < -0.39 is 43.8 Å². The van der Waals surface area contributed by atoms with E-state index in [0.29, 0.717) is 0 Å². The molecule has 2 aliphatic rings. The van der Waals surface area contributed by atoms with Gasteiger partial charge in [0.05, 0.1) is 0 Å². The lowest BCUT2D eigenvalue weighted by Crippen LogP contribution is -2.47. The first-order valence-corrected chi connectivity index (χ1v) is 7.37. The van der Waals surface area contributed by atoms with Gasteiger partial charge in [-0.05, 0) is 0 Å². The zero-order chi connectivity index (χ0) is 14.2. The molecule has 0 spiro atoms. The third kappa shape index (κ3) is 2.84. The molecule has 0 aromatic heterocycles. The Labute approximate surface area is 110 Å². The SMILES string of the molecule is COP(=O)(OC)[C@H]1O[C@H](COC(C)=O)[C@@H](O)[C@@H]2O[C@@H]21. The number of hydrogen-bond donors (Lipinski definition) is 1. The van der Waals surface area contributed by atoms with Crippen LogP contribution in [0.4, 0.5) is 0 Å². The summed E-state index contributed by atoms with van der Waals surface area (Å²) in [6, 6.07) is 0. The first-order chi connectivity index (χ1) is 8.92. The minimum Gasteiger partial charge on any atom is -0.463 e. The Hall–Kier alpha value is -0.500.